The molecule has 1 heterocycles. The van der Waals surface area contributed by atoms with Crippen molar-refractivity contribution in [3.8, 4) is 22.3 Å². The number of fused-ring (bicyclic) bond motifs is 5. The minimum absolute atomic E-state index is 0.889. The van der Waals surface area contributed by atoms with E-state index in [0.717, 1.165) is 39.0 Å². The van der Waals surface area contributed by atoms with Gasteiger partial charge in [-0.25, -0.2) is 0 Å². The van der Waals surface area contributed by atoms with E-state index in [9.17, 15) is 0 Å². The van der Waals surface area contributed by atoms with Gasteiger partial charge in [0.25, 0.3) is 0 Å². The normalized spacial score (nSPS) is 11.5. The highest BCUT2D eigenvalue weighted by Gasteiger charge is 2.17. The van der Waals surface area contributed by atoms with Crippen LogP contribution in [0.3, 0.4) is 0 Å². The lowest BCUT2D eigenvalue weighted by atomic mass is 9.98. The maximum Gasteiger partial charge on any atom is 0.136 e. The Morgan fingerprint density at radius 3 is 1.65 bits per heavy atom. The summed E-state index contributed by atoms with van der Waals surface area (Å²) >= 11 is 0. The fourth-order valence-corrected chi connectivity index (χ4v) is 6.74. The number of nitrogens with zero attached hydrogens (tertiary/aromatic N) is 1. The van der Waals surface area contributed by atoms with Gasteiger partial charge in [-0.1, -0.05) is 121 Å². The van der Waals surface area contributed by atoms with Crippen molar-refractivity contribution in [2.45, 2.75) is 0 Å². The first-order chi connectivity index (χ1) is 22.8. The van der Waals surface area contributed by atoms with Crippen molar-refractivity contribution in [3.63, 3.8) is 0 Å². The second-order valence-electron chi connectivity index (χ2n) is 11.8. The third-order valence-corrected chi connectivity index (χ3v) is 9.04. The molecule has 0 radical (unpaired) electrons. The molecule has 0 atom stereocenters. The van der Waals surface area contributed by atoms with Gasteiger partial charge in [0.2, 0.25) is 0 Å². The zero-order valence-corrected chi connectivity index (χ0v) is 25.1. The molecule has 2 heteroatoms. The van der Waals surface area contributed by atoms with Crippen LogP contribution >= 0.6 is 0 Å². The fraction of sp³-hybridized carbons (Fsp3) is 0. The Bertz CT molecular complexity index is 2500. The molecule has 9 rings (SSSR count). The molecule has 0 saturated heterocycles. The molecule has 9 aromatic rings. The summed E-state index contributed by atoms with van der Waals surface area (Å²) in [6.45, 7) is 0. The summed E-state index contributed by atoms with van der Waals surface area (Å²) in [7, 11) is 0. The van der Waals surface area contributed by atoms with Gasteiger partial charge < -0.3 is 9.32 Å². The van der Waals surface area contributed by atoms with Gasteiger partial charge in [0.05, 0.1) is 0 Å². The lowest BCUT2D eigenvalue weighted by Crippen LogP contribution is -2.09. The van der Waals surface area contributed by atoms with Crippen LogP contribution in [0.1, 0.15) is 0 Å². The molecule has 0 spiro atoms. The molecule has 46 heavy (non-hydrogen) atoms. The van der Waals surface area contributed by atoms with E-state index in [-0.39, 0.29) is 0 Å². The molecule has 0 fully saturated rings. The molecule has 0 aliphatic carbocycles. The summed E-state index contributed by atoms with van der Waals surface area (Å²) < 4.78 is 6.35. The first kappa shape index (κ1) is 26.3. The summed E-state index contributed by atoms with van der Waals surface area (Å²) in [5.41, 5.74) is 9.89. The number of benzene rings is 8. The van der Waals surface area contributed by atoms with Gasteiger partial charge in [0, 0.05) is 27.8 Å². The Hall–Kier alpha value is -6.12. The Balaban J connectivity index is 1.19. The minimum Gasteiger partial charge on any atom is -0.456 e. The van der Waals surface area contributed by atoms with Crippen molar-refractivity contribution in [2.75, 3.05) is 4.90 Å². The predicted molar refractivity (Wildman–Crippen MR) is 194 cm³/mol. The van der Waals surface area contributed by atoms with E-state index < -0.39 is 0 Å². The molecule has 2 nitrogen and oxygen atoms in total. The maximum absolute atomic E-state index is 6.35. The first-order valence-electron chi connectivity index (χ1n) is 15.7. The van der Waals surface area contributed by atoms with E-state index in [1.807, 2.05) is 0 Å². The second kappa shape index (κ2) is 10.8. The molecule has 0 saturated carbocycles. The van der Waals surface area contributed by atoms with Crippen molar-refractivity contribution in [3.05, 3.63) is 176 Å². The van der Waals surface area contributed by atoms with Crippen molar-refractivity contribution in [1.29, 1.82) is 0 Å². The first-order valence-corrected chi connectivity index (χ1v) is 15.7. The summed E-state index contributed by atoms with van der Waals surface area (Å²) in [6.07, 6.45) is 0. The molecule has 0 aliphatic rings. The number of hydrogen-bond acceptors (Lipinski definition) is 2. The SMILES string of the molecule is c1ccc(-c2ccc(N(c3ccc(-c4cccc5ccccc45)cc3)c3ccc4oc5cc6ccccc6cc5c4c3)cc2)cc1. The van der Waals surface area contributed by atoms with Gasteiger partial charge in [-0.3, -0.25) is 0 Å². The molecular weight excluding hydrogens is 558 g/mol. The quantitative estimate of drug-likeness (QED) is 0.199. The van der Waals surface area contributed by atoms with Gasteiger partial charge in [-0.15, -0.1) is 0 Å². The Morgan fingerprint density at radius 1 is 0.326 bits per heavy atom. The van der Waals surface area contributed by atoms with Gasteiger partial charge in [-0.05, 0) is 98.4 Å². The lowest BCUT2D eigenvalue weighted by molar-refractivity contribution is 0.669. The van der Waals surface area contributed by atoms with Crippen molar-refractivity contribution in [2.24, 2.45) is 0 Å². The highest BCUT2D eigenvalue weighted by atomic mass is 16.3. The zero-order valence-electron chi connectivity index (χ0n) is 25.1. The summed E-state index contributed by atoms with van der Waals surface area (Å²) in [4.78, 5) is 2.33. The number of rotatable bonds is 5. The largest absolute Gasteiger partial charge is 0.456 e. The van der Waals surface area contributed by atoms with E-state index in [1.165, 1.54) is 43.8 Å². The molecule has 0 aliphatic heterocycles. The number of anilines is 3. The van der Waals surface area contributed by atoms with Gasteiger partial charge in [0.1, 0.15) is 11.2 Å². The highest BCUT2D eigenvalue weighted by Crippen LogP contribution is 2.41. The van der Waals surface area contributed by atoms with Crippen molar-refractivity contribution >= 4 is 60.5 Å². The van der Waals surface area contributed by atoms with Crippen LogP contribution in [0.15, 0.2) is 180 Å². The van der Waals surface area contributed by atoms with Crippen LogP contribution in [0.5, 0.6) is 0 Å². The molecule has 0 unspecified atom stereocenters. The summed E-state index contributed by atoms with van der Waals surface area (Å²) in [5.74, 6) is 0. The second-order valence-corrected chi connectivity index (χ2v) is 11.8. The van der Waals surface area contributed by atoms with E-state index >= 15 is 0 Å². The molecular formula is C44H29NO. The van der Waals surface area contributed by atoms with Crippen LogP contribution in [0.25, 0.3) is 65.7 Å². The molecule has 0 amide bonds. The van der Waals surface area contributed by atoms with Crippen molar-refractivity contribution < 1.29 is 4.42 Å². The topological polar surface area (TPSA) is 16.4 Å². The van der Waals surface area contributed by atoms with E-state index in [2.05, 4.69) is 181 Å². The van der Waals surface area contributed by atoms with Gasteiger partial charge in [0.15, 0.2) is 0 Å². The van der Waals surface area contributed by atoms with E-state index in [0.29, 0.717) is 0 Å². The smallest absolute Gasteiger partial charge is 0.136 e. The van der Waals surface area contributed by atoms with Crippen LogP contribution in [0, 0.1) is 0 Å². The lowest BCUT2D eigenvalue weighted by Gasteiger charge is -2.26. The van der Waals surface area contributed by atoms with Crippen LogP contribution in [0.4, 0.5) is 17.1 Å². The average molecular weight is 588 g/mol. The van der Waals surface area contributed by atoms with E-state index in [1.54, 1.807) is 0 Å². The summed E-state index contributed by atoms with van der Waals surface area (Å²) in [5, 5.41) is 7.13. The van der Waals surface area contributed by atoms with Gasteiger partial charge in [-0.2, -0.15) is 0 Å². The molecule has 0 N–H and O–H groups in total. The molecule has 8 aromatic carbocycles. The Morgan fingerprint density at radius 2 is 0.891 bits per heavy atom. The monoisotopic (exact) mass is 587 g/mol. The van der Waals surface area contributed by atoms with Crippen LogP contribution in [-0.4, -0.2) is 0 Å². The van der Waals surface area contributed by atoms with Gasteiger partial charge >= 0.3 is 0 Å². The predicted octanol–water partition coefficient (Wildman–Crippen LogP) is 12.7. The Kier molecular flexibility index (Phi) is 6.17. The average Bonchev–Trinajstić information content (AvgIpc) is 3.48. The molecule has 0 bridgehead atoms. The number of furan rings is 1. The van der Waals surface area contributed by atoms with Crippen LogP contribution < -0.4 is 4.90 Å². The Labute approximate surface area is 267 Å². The van der Waals surface area contributed by atoms with Crippen LogP contribution in [-0.2, 0) is 0 Å². The zero-order chi connectivity index (χ0) is 30.5. The highest BCUT2D eigenvalue weighted by molar-refractivity contribution is 6.11. The van der Waals surface area contributed by atoms with E-state index in [4.69, 9.17) is 4.42 Å². The van der Waals surface area contributed by atoms with Crippen molar-refractivity contribution in [1.82, 2.24) is 0 Å². The molecule has 216 valence electrons. The summed E-state index contributed by atoms with van der Waals surface area (Å²) in [6, 6.07) is 62.8. The third kappa shape index (κ3) is 4.51. The maximum atomic E-state index is 6.35. The van der Waals surface area contributed by atoms with Crippen LogP contribution in [0.2, 0.25) is 0 Å². The minimum atomic E-state index is 0.889. The third-order valence-electron chi connectivity index (χ3n) is 9.04. The standard InChI is InChI=1S/C44H29NO/c1-2-9-30(10-3-1)31-17-21-36(22-18-31)45(37-23-19-33(20-24-37)40-16-8-14-32-11-6-7-15-39(32)40)38-25-26-43-42(29-38)41-27-34-12-4-5-13-35(34)28-44(41)46-43/h1-29H. The fourth-order valence-electron chi connectivity index (χ4n) is 6.74. The number of hydrogen-bond donors (Lipinski definition) is 0. The molecule has 1 aromatic heterocycles.